The van der Waals surface area contributed by atoms with Crippen LogP contribution in [0.25, 0.3) is 0 Å². The van der Waals surface area contributed by atoms with Gasteiger partial charge in [0.15, 0.2) is 11.6 Å². The predicted octanol–water partition coefficient (Wildman–Crippen LogP) is 1.86. The van der Waals surface area contributed by atoms with Crippen LogP contribution >= 0.6 is 11.6 Å². The van der Waals surface area contributed by atoms with Crippen molar-refractivity contribution < 1.29 is 23.5 Å². The molecule has 0 unspecified atom stereocenters. The van der Waals surface area contributed by atoms with Crippen LogP contribution in [0, 0.1) is 11.6 Å². The summed E-state index contributed by atoms with van der Waals surface area (Å²) >= 11 is 5.21. The van der Waals surface area contributed by atoms with E-state index in [9.17, 15) is 18.4 Å². The summed E-state index contributed by atoms with van der Waals surface area (Å²) in [5, 5.41) is 7.52. The number of anilines is 1. The SMILES string of the molecule is Nc1c(C(=O)CC(=O)O)cc(F)c(Cl)c1F. The van der Waals surface area contributed by atoms with Gasteiger partial charge in [-0.05, 0) is 6.07 Å². The van der Waals surface area contributed by atoms with E-state index in [0.29, 0.717) is 6.07 Å². The summed E-state index contributed by atoms with van der Waals surface area (Å²) in [7, 11) is 0. The molecule has 0 aliphatic heterocycles. The summed E-state index contributed by atoms with van der Waals surface area (Å²) in [6.45, 7) is 0. The van der Waals surface area contributed by atoms with Gasteiger partial charge in [0.25, 0.3) is 0 Å². The molecule has 1 aromatic rings. The molecular weight excluding hydrogens is 244 g/mol. The monoisotopic (exact) mass is 249 g/mol. The molecule has 0 saturated heterocycles. The third-order valence-electron chi connectivity index (χ3n) is 1.81. The minimum atomic E-state index is -1.42. The number of carbonyl (C=O) groups is 2. The zero-order chi connectivity index (χ0) is 12.5. The topological polar surface area (TPSA) is 80.4 Å². The Labute approximate surface area is 93.6 Å². The summed E-state index contributed by atoms with van der Waals surface area (Å²) in [6, 6.07) is 0.617. The highest BCUT2D eigenvalue weighted by atomic mass is 35.5. The fraction of sp³-hybridized carbons (Fsp3) is 0.111. The van der Waals surface area contributed by atoms with Crippen molar-refractivity contribution in [2.75, 3.05) is 5.73 Å². The number of nitrogen functional groups attached to an aromatic ring is 1. The van der Waals surface area contributed by atoms with Crippen LogP contribution in [0.4, 0.5) is 14.5 Å². The van der Waals surface area contributed by atoms with Gasteiger partial charge in [-0.25, -0.2) is 8.78 Å². The number of aliphatic carboxylic acids is 1. The highest BCUT2D eigenvalue weighted by Crippen LogP contribution is 2.27. The summed E-state index contributed by atoms with van der Waals surface area (Å²) in [4.78, 5) is 21.5. The van der Waals surface area contributed by atoms with Crippen LogP contribution in [0.1, 0.15) is 16.8 Å². The molecule has 1 aromatic carbocycles. The van der Waals surface area contributed by atoms with E-state index in [2.05, 4.69) is 0 Å². The number of nitrogens with two attached hydrogens (primary N) is 1. The third kappa shape index (κ3) is 2.27. The Bertz CT molecular complexity index is 476. The van der Waals surface area contributed by atoms with Crippen molar-refractivity contribution in [3.8, 4) is 0 Å². The lowest BCUT2D eigenvalue weighted by Gasteiger charge is -2.06. The molecule has 1 rings (SSSR count). The number of carboxylic acids is 1. The van der Waals surface area contributed by atoms with Gasteiger partial charge >= 0.3 is 5.97 Å². The Hall–Kier alpha value is -1.69. The quantitative estimate of drug-likeness (QED) is 0.371. The minimum absolute atomic E-state index is 0.526. The highest BCUT2D eigenvalue weighted by Gasteiger charge is 2.20. The van der Waals surface area contributed by atoms with Crippen LogP contribution in [0.15, 0.2) is 6.07 Å². The number of carboxylic acid groups (broad SMARTS) is 1. The Balaban J connectivity index is 3.25. The van der Waals surface area contributed by atoms with E-state index in [1.54, 1.807) is 0 Å². The van der Waals surface area contributed by atoms with Gasteiger partial charge in [-0.3, -0.25) is 9.59 Å². The molecule has 16 heavy (non-hydrogen) atoms. The standard InChI is InChI=1S/C9H6ClF2NO3/c10-7-4(11)1-3(9(13)8(7)12)5(14)2-6(15)16/h1H,2,13H2,(H,15,16). The number of halogens is 3. The number of Topliss-reactive ketones (excluding diaryl/α,β-unsaturated/α-hetero) is 1. The second-order valence-corrected chi connectivity index (χ2v) is 3.32. The molecule has 4 nitrogen and oxygen atoms in total. The first-order chi connectivity index (χ1) is 7.34. The molecule has 0 fully saturated rings. The van der Waals surface area contributed by atoms with Crippen molar-refractivity contribution in [3.05, 3.63) is 28.3 Å². The molecule has 0 radical (unpaired) electrons. The Morgan fingerprint density at radius 1 is 1.44 bits per heavy atom. The van der Waals surface area contributed by atoms with Crippen LogP contribution in [0.3, 0.4) is 0 Å². The number of rotatable bonds is 3. The zero-order valence-electron chi connectivity index (χ0n) is 7.76. The third-order valence-corrected chi connectivity index (χ3v) is 2.16. The number of hydrogen-bond donors (Lipinski definition) is 2. The lowest BCUT2D eigenvalue weighted by Crippen LogP contribution is -2.11. The molecular formula is C9H6ClF2NO3. The van der Waals surface area contributed by atoms with Crippen LogP contribution in [0.2, 0.25) is 5.02 Å². The molecule has 86 valence electrons. The number of benzene rings is 1. The van der Waals surface area contributed by atoms with Crippen molar-refractivity contribution in [2.45, 2.75) is 6.42 Å². The normalized spacial score (nSPS) is 10.2. The van der Waals surface area contributed by atoms with Gasteiger partial charge in [0.1, 0.15) is 17.3 Å². The fourth-order valence-corrected chi connectivity index (χ4v) is 1.23. The summed E-state index contributed by atoms with van der Waals surface area (Å²) < 4.78 is 26.1. The smallest absolute Gasteiger partial charge is 0.311 e. The first-order valence-corrected chi connectivity index (χ1v) is 4.40. The second kappa shape index (κ2) is 4.44. The van der Waals surface area contributed by atoms with E-state index in [1.165, 1.54) is 0 Å². The maximum absolute atomic E-state index is 13.2. The van der Waals surface area contributed by atoms with Gasteiger partial charge in [0.05, 0.1) is 5.69 Å². The van der Waals surface area contributed by atoms with E-state index in [1.807, 2.05) is 0 Å². The molecule has 0 spiro atoms. The average molecular weight is 250 g/mol. The van der Waals surface area contributed by atoms with Gasteiger partial charge in [-0.1, -0.05) is 11.6 Å². The molecule has 0 amide bonds. The van der Waals surface area contributed by atoms with Crippen LogP contribution in [0.5, 0.6) is 0 Å². The van der Waals surface area contributed by atoms with Crippen LogP contribution in [-0.4, -0.2) is 16.9 Å². The summed E-state index contributed by atoms with van der Waals surface area (Å²) in [5.41, 5.74) is 4.01. The lowest BCUT2D eigenvalue weighted by atomic mass is 10.1. The first-order valence-electron chi connectivity index (χ1n) is 4.02. The van der Waals surface area contributed by atoms with Gasteiger partial charge in [0.2, 0.25) is 0 Å². The second-order valence-electron chi connectivity index (χ2n) is 2.94. The molecule has 0 heterocycles. The lowest BCUT2D eigenvalue weighted by molar-refractivity contribution is -0.135. The molecule has 7 heteroatoms. The van der Waals surface area contributed by atoms with E-state index in [0.717, 1.165) is 0 Å². The number of ketones is 1. The Morgan fingerprint density at radius 2 is 2.00 bits per heavy atom. The van der Waals surface area contributed by atoms with E-state index in [-0.39, 0.29) is 0 Å². The van der Waals surface area contributed by atoms with Gasteiger partial charge in [0, 0.05) is 5.56 Å². The van der Waals surface area contributed by atoms with Crippen molar-refractivity contribution in [1.29, 1.82) is 0 Å². The number of carbonyl (C=O) groups excluding carboxylic acids is 1. The zero-order valence-corrected chi connectivity index (χ0v) is 8.52. The fourth-order valence-electron chi connectivity index (χ4n) is 1.07. The molecule has 0 aliphatic carbocycles. The van der Waals surface area contributed by atoms with E-state index < -0.39 is 46.1 Å². The maximum Gasteiger partial charge on any atom is 0.311 e. The predicted molar refractivity (Wildman–Crippen MR) is 52.4 cm³/mol. The Kier molecular flexibility index (Phi) is 3.44. The molecule has 0 saturated carbocycles. The summed E-state index contributed by atoms with van der Waals surface area (Å²) in [5.74, 6) is -4.84. The molecule has 0 bridgehead atoms. The van der Waals surface area contributed by atoms with Crippen molar-refractivity contribution >= 4 is 29.0 Å². The molecule has 3 N–H and O–H groups in total. The molecule has 0 atom stereocenters. The minimum Gasteiger partial charge on any atom is -0.481 e. The van der Waals surface area contributed by atoms with E-state index in [4.69, 9.17) is 22.4 Å². The largest absolute Gasteiger partial charge is 0.481 e. The average Bonchev–Trinajstić information content (AvgIpc) is 2.19. The van der Waals surface area contributed by atoms with Gasteiger partial charge < -0.3 is 10.8 Å². The van der Waals surface area contributed by atoms with E-state index >= 15 is 0 Å². The van der Waals surface area contributed by atoms with Crippen molar-refractivity contribution in [2.24, 2.45) is 0 Å². The van der Waals surface area contributed by atoms with Crippen molar-refractivity contribution in [1.82, 2.24) is 0 Å². The highest BCUT2D eigenvalue weighted by molar-refractivity contribution is 6.31. The maximum atomic E-state index is 13.2. The first kappa shape index (κ1) is 12.4. The molecule has 0 aliphatic rings. The summed E-state index contributed by atoms with van der Waals surface area (Å²) in [6.07, 6.45) is -0.898. The molecule has 0 aromatic heterocycles. The van der Waals surface area contributed by atoms with Crippen LogP contribution in [-0.2, 0) is 4.79 Å². The van der Waals surface area contributed by atoms with Gasteiger partial charge in [-0.15, -0.1) is 0 Å². The van der Waals surface area contributed by atoms with Gasteiger partial charge in [-0.2, -0.15) is 0 Å². The number of hydrogen-bond acceptors (Lipinski definition) is 3. The van der Waals surface area contributed by atoms with Crippen LogP contribution < -0.4 is 5.73 Å². The van der Waals surface area contributed by atoms with Crippen molar-refractivity contribution in [3.63, 3.8) is 0 Å². The Morgan fingerprint density at radius 3 is 2.50 bits per heavy atom.